The summed E-state index contributed by atoms with van der Waals surface area (Å²) in [6, 6.07) is 11.2. The first-order chi connectivity index (χ1) is 16.8. The summed E-state index contributed by atoms with van der Waals surface area (Å²) in [7, 11) is 1.47. The van der Waals surface area contributed by atoms with Gasteiger partial charge < -0.3 is 14.7 Å². The lowest BCUT2D eigenvalue weighted by Gasteiger charge is -2.14. The zero-order chi connectivity index (χ0) is 25.1. The Kier molecular flexibility index (Phi) is 7.17. The number of aliphatic hydroxyl groups excluding tert-OH is 1. The Bertz CT molecular complexity index is 1460. The Labute approximate surface area is 202 Å². The fourth-order valence-corrected chi connectivity index (χ4v) is 3.75. The van der Waals surface area contributed by atoms with E-state index in [0.717, 1.165) is 14.9 Å². The number of ether oxygens (including phenoxy) is 1. The van der Waals surface area contributed by atoms with Crippen molar-refractivity contribution in [1.29, 1.82) is 0 Å². The number of rotatable bonds is 9. The summed E-state index contributed by atoms with van der Waals surface area (Å²) in [6.45, 7) is -3.17. The van der Waals surface area contributed by atoms with E-state index in [4.69, 9.17) is 21.5 Å². The van der Waals surface area contributed by atoms with Crippen molar-refractivity contribution in [1.82, 2.24) is 18.8 Å². The van der Waals surface area contributed by atoms with Gasteiger partial charge in [0.2, 0.25) is 0 Å². The third-order valence-corrected chi connectivity index (χ3v) is 5.55. The van der Waals surface area contributed by atoms with Crippen molar-refractivity contribution >= 4 is 22.8 Å². The largest absolute Gasteiger partial charge is 0.435 e. The van der Waals surface area contributed by atoms with Crippen molar-refractivity contribution in [3.05, 3.63) is 85.8 Å². The fourth-order valence-electron chi connectivity index (χ4n) is 3.63. The average Bonchev–Trinajstić information content (AvgIpc) is 3.24. The van der Waals surface area contributed by atoms with E-state index in [2.05, 4.69) is 9.72 Å². The number of halogens is 3. The monoisotopic (exact) mass is 506 g/mol. The van der Waals surface area contributed by atoms with Crippen LogP contribution in [0.2, 0.25) is 5.02 Å². The van der Waals surface area contributed by atoms with Crippen LogP contribution in [0.1, 0.15) is 17.5 Å². The topological polar surface area (TPSA) is 101 Å². The summed E-state index contributed by atoms with van der Waals surface area (Å²) in [4.78, 5) is 35.7. The molecule has 35 heavy (non-hydrogen) atoms. The van der Waals surface area contributed by atoms with Gasteiger partial charge in [0.1, 0.15) is 12.1 Å². The standard InChI is InChI=1S/C23H21ClF2N4O5/c1-28-20-19(21(32)29(23(28)33)9-2-10-31)30(13-27-20)35-18-8-7-17(34-22(25)26)12-15(18)11-14-3-5-16(24)6-4-14/h3-8,12-13,22,31H,2,9-11H2,1H3. The first kappa shape index (κ1) is 24.4. The highest BCUT2D eigenvalue weighted by Crippen LogP contribution is 2.29. The highest BCUT2D eigenvalue weighted by atomic mass is 35.5. The summed E-state index contributed by atoms with van der Waals surface area (Å²) < 4.78 is 33.4. The molecule has 2 heterocycles. The summed E-state index contributed by atoms with van der Waals surface area (Å²) in [5.41, 5.74) is 0.243. The normalized spacial score (nSPS) is 11.4. The van der Waals surface area contributed by atoms with E-state index in [0.29, 0.717) is 17.0 Å². The molecule has 2 aromatic carbocycles. The molecule has 0 aliphatic heterocycles. The first-order valence-electron chi connectivity index (χ1n) is 10.6. The molecule has 9 nitrogen and oxygen atoms in total. The molecule has 0 amide bonds. The Morgan fingerprint density at radius 2 is 1.89 bits per heavy atom. The Hall–Kier alpha value is -3.70. The number of imidazole rings is 1. The molecule has 4 aromatic rings. The molecule has 0 bridgehead atoms. The van der Waals surface area contributed by atoms with Crippen molar-refractivity contribution in [3.63, 3.8) is 0 Å². The third kappa shape index (κ3) is 5.20. The molecule has 0 unspecified atom stereocenters. The molecule has 2 aromatic heterocycles. The molecule has 0 aliphatic rings. The molecule has 0 radical (unpaired) electrons. The van der Waals surface area contributed by atoms with Crippen LogP contribution in [0, 0.1) is 0 Å². The molecule has 4 rings (SSSR count). The Morgan fingerprint density at radius 1 is 1.14 bits per heavy atom. The Morgan fingerprint density at radius 3 is 2.57 bits per heavy atom. The van der Waals surface area contributed by atoms with E-state index in [1.807, 2.05) is 0 Å². The predicted octanol–water partition coefficient (Wildman–Crippen LogP) is 2.97. The van der Waals surface area contributed by atoms with Crippen molar-refractivity contribution in [3.8, 4) is 11.5 Å². The summed E-state index contributed by atoms with van der Waals surface area (Å²) >= 11 is 5.95. The molecule has 0 fully saturated rings. The molecule has 1 N–H and O–H groups in total. The van der Waals surface area contributed by atoms with Gasteiger partial charge >= 0.3 is 12.3 Å². The predicted molar refractivity (Wildman–Crippen MR) is 124 cm³/mol. The minimum atomic E-state index is -3.00. The number of nitrogens with zero attached hydrogens (tertiary/aromatic N) is 4. The highest BCUT2D eigenvalue weighted by Gasteiger charge is 2.19. The minimum absolute atomic E-state index is 0.00962. The zero-order valence-electron chi connectivity index (χ0n) is 18.5. The van der Waals surface area contributed by atoms with Crippen LogP contribution in [0.3, 0.4) is 0 Å². The lowest BCUT2D eigenvalue weighted by atomic mass is 10.0. The van der Waals surface area contributed by atoms with E-state index >= 15 is 0 Å². The summed E-state index contributed by atoms with van der Waals surface area (Å²) in [6.07, 6.45) is 1.75. The minimum Gasteiger partial charge on any atom is -0.435 e. The van der Waals surface area contributed by atoms with Crippen LogP contribution in [0.5, 0.6) is 11.5 Å². The number of fused-ring (bicyclic) bond motifs is 1. The van der Waals surface area contributed by atoms with Crippen LogP contribution >= 0.6 is 11.6 Å². The van der Waals surface area contributed by atoms with E-state index in [1.54, 1.807) is 24.3 Å². The molecule has 0 spiro atoms. The molecule has 0 atom stereocenters. The molecular weight excluding hydrogens is 486 g/mol. The van der Waals surface area contributed by atoms with Crippen LogP contribution in [-0.2, 0) is 20.0 Å². The van der Waals surface area contributed by atoms with Gasteiger partial charge in [-0.1, -0.05) is 23.7 Å². The third-order valence-electron chi connectivity index (χ3n) is 5.30. The van der Waals surface area contributed by atoms with Gasteiger partial charge in [-0.3, -0.25) is 13.9 Å². The van der Waals surface area contributed by atoms with Crippen molar-refractivity contribution in [2.75, 3.05) is 6.61 Å². The number of benzene rings is 2. The van der Waals surface area contributed by atoms with Gasteiger partial charge in [-0.25, -0.2) is 9.78 Å². The molecular formula is C23H21ClF2N4O5. The van der Waals surface area contributed by atoms with Crippen molar-refractivity contribution < 1.29 is 23.5 Å². The van der Waals surface area contributed by atoms with Gasteiger partial charge in [0, 0.05) is 37.2 Å². The maximum Gasteiger partial charge on any atom is 0.387 e. The average molecular weight is 507 g/mol. The number of hydrogen-bond acceptors (Lipinski definition) is 6. The van der Waals surface area contributed by atoms with Crippen LogP contribution in [-0.4, -0.2) is 37.2 Å². The molecule has 0 saturated carbocycles. The SMILES string of the molecule is Cn1c(=O)n(CCCO)c(=O)c2c1ncn2Oc1ccc(OC(F)F)cc1Cc1ccc(Cl)cc1. The molecule has 0 saturated heterocycles. The van der Waals surface area contributed by atoms with Gasteiger partial charge in [0.05, 0.1) is 0 Å². The van der Waals surface area contributed by atoms with Crippen LogP contribution in [0.15, 0.2) is 58.4 Å². The highest BCUT2D eigenvalue weighted by molar-refractivity contribution is 6.30. The van der Waals surface area contributed by atoms with Crippen molar-refractivity contribution in [2.45, 2.75) is 26.0 Å². The van der Waals surface area contributed by atoms with Gasteiger partial charge in [-0.05, 0) is 42.3 Å². The summed E-state index contributed by atoms with van der Waals surface area (Å²) in [5, 5.41) is 9.66. The molecule has 184 valence electrons. The van der Waals surface area contributed by atoms with E-state index in [9.17, 15) is 18.4 Å². The van der Waals surface area contributed by atoms with Crippen molar-refractivity contribution in [2.24, 2.45) is 7.05 Å². The zero-order valence-corrected chi connectivity index (χ0v) is 19.3. The fraction of sp³-hybridized carbons (Fsp3) is 0.261. The lowest BCUT2D eigenvalue weighted by molar-refractivity contribution is -0.0499. The van der Waals surface area contributed by atoms with Gasteiger partial charge in [-0.15, -0.1) is 0 Å². The first-order valence-corrected chi connectivity index (χ1v) is 10.9. The smallest absolute Gasteiger partial charge is 0.387 e. The van der Waals surface area contributed by atoms with Gasteiger partial charge in [0.15, 0.2) is 16.9 Å². The molecule has 0 aliphatic carbocycles. The second-order valence-corrected chi connectivity index (χ2v) is 8.10. The number of aliphatic hydroxyl groups is 1. The maximum absolute atomic E-state index is 13.1. The number of aromatic nitrogens is 4. The van der Waals surface area contributed by atoms with E-state index < -0.39 is 17.9 Å². The quantitative estimate of drug-likeness (QED) is 0.374. The van der Waals surface area contributed by atoms with Crippen LogP contribution < -0.4 is 20.8 Å². The second kappa shape index (κ2) is 10.3. The number of aryl methyl sites for hydroxylation is 1. The van der Waals surface area contributed by atoms with E-state index in [-0.39, 0.29) is 42.2 Å². The number of hydrogen-bond donors (Lipinski definition) is 1. The van der Waals surface area contributed by atoms with Gasteiger partial charge in [0.25, 0.3) is 5.56 Å². The van der Waals surface area contributed by atoms with Gasteiger partial charge in [-0.2, -0.15) is 13.5 Å². The molecule has 12 heteroatoms. The summed E-state index contributed by atoms with van der Waals surface area (Å²) in [5.74, 6) is 0.205. The maximum atomic E-state index is 13.1. The Balaban J connectivity index is 1.78. The second-order valence-electron chi connectivity index (χ2n) is 7.66. The van der Waals surface area contributed by atoms with Crippen LogP contribution in [0.4, 0.5) is 8.78 Å². The van der Waals surface area contributed by atoms with E-state index in [1.165, 1.54) is 36.1 Å². The number of alkyl halides is 2. The lowest BCUT2D eigenvalue weighted by Crippen LogP contribution is -2.40. The van der Waals surface area contributed by atoms with Crippen LogP contribution in [0.25, 0.3) is 11.2 Å².